The Hall–Kier alpha value is -1.32. The zero-order valence-electron chi connectivity index (χ0n) is 8.83. The highest BCUT2D eigenvalue weighted by Crippen LogP contribution is 2.02. The second-order valence-electron chi connectivity index (χ2n) is 3.80. The first-order chi connectivity index (χ1) is 6.58. The molecule has 0 bridgehead atoms. The lowest BCUT2D eigenvalue weighted by Gasteiger charge is -2.05. The van der Waals surface area contributed by atoms with Gasteiger partial charge >= 0.3 is 0 Å². The summed E-state index contributed by atoms with van der Waals surface area (Å²) in [4.78, 5) is 11.3. The predicted molar refractivity (Wildman–Crippen MR) is 52.8 cm³/mol. The number of hydrogen-bond acceptors (Lipinski definition) is 3. The fraction of sp³-hybridized carbons (Fsp3) is 0.600. The zero-order chi connectivity index (χ0) is 10.6. The lowest BCUT2D eigenvalue weighted by atomic mass is 10.2. The fourth-order valence-corrected chi connectivity index (χ4v) is 1.05. The van der Waals surface area contributed by atoms with E-state index in [-0.39, 0.29) is 5.91 Å². The molecule has 0 aliphatic rings. The Labute approximate surface area is 83.7 Å². The minimum atomic E-state index is -0.00741. The molecule has 4 heteroatoms. The van der Waals surface area contributed by atoms with Crippen molar-refractivity contribution in [2.24, 2.45) is 5.92 Å². The topological polar surface area (TPSA) is 55.1 Å². The quantitative estimate of drug-likeness (QED) is 0.789. The first-order valence-electron chi connectivity index (χ1n) is 4.77. The molecular formula is C10H16N2O2. The highest BCUT2D eigenvalue weighted by Gasteiger charge is 2.07. The van der Waals surface area contributed by atoms with Crippen LogP contribution < -0.4 is 5.32 Å². The van der Waals surface area contributed by atoms with Crippen LogP contribution in [-0.4, -0.2) is 17.6 Å². The van der Waals surface area contributed by atoms with Gasteiger partial charge in [-0.15, -0.1) is 0 Å². The molecule has 1 aromatic rings. The third-order valence-electron chi connectivity index (χ3n) is 1.73. The molecule has 0 fully saturated rings. The Kier molecular flexibility index (Phi) is 3.68. The van der Waals surface area contributed by atoms with E-state index in [4.69, 9.17) is 4.52 Å². The van der Waals surface area contributed by atoms with Gasteiger partial charge in [-0.25, -0.2) is 0 Å². The Balaban J connectivity index is 2.34. The Morgan fingerprint density at radius 3 is 2.86 bits per heavy atom. The summed E-state index contributed by atoms with van der Waals surface area (Å²) in [5.41, 5.74) is 0.684. The molecule has 1 N–H and O–H groups in total. The molecule has 14 heavy (non-hydrogen) atoms. The number of amides is 1. The molecule has 0 saturated carbocycles. The van der Waals surface area contributed by atoms with E-state index in [0.717, 1.165) is 5.76 Å². The lowest BCUT2D eigenvalue weighted by molar-refractivity contribution is -0.120. The van der Waals surface area contributed by atoms with Crippen molar-refractivity contribution in [2.45, 2.75) is 27.2 Å². The number of nitrogens with zero attached hydrogens (tertiary/aromatic N) is 1. The van der Waals surface area contributed by atoms with E-state index in [0.29, 0.717) is 24.6 Å². The van der Waals surface area contributed by atoms with Gasteiger partial charge in [-0.3, -0.25) is 4.79 Å². The SMILES string of the molecule is Cc1cc(CC(=O)NCC(C)C)no1. The molecule has 4 nitrogen and oxygen atoms in total. The summed E-state index contributed by atoms with van der Waals surface area (Å²) in [6.45, 7) is 6.62. The molecule has 78 valence electrons. The van der Waals surface area contributed by atoms with Gasteiger partial charge in [-0.1, -0.05) is 19.0 Å². The minimum Gasteiger partial charge on any atom is -0.361 e. The van der Waals surface area contributed by atoms with E-state index in [1.165, 1.54) is 0 Å². The van der Waals surface area contributed by atoms with Crippen molar-refractivity contribution < 1.29 is 9.32 Å². The van der Waals surface area contributed by atoms with Crippen LogP contribution in [0.25, 0.3) is 0 Å². The Morgan fingerprint density at radius 1 is 1.64 bits per heavy atom. The summed E-state index contributed by atoms with van der Waals surface area (Å²) >= 11 is 0. The van der Waals surface area contributed by atoms with E-state index in [1.807, 2.05) is 6.92 Å². The van der Waals surface area contributed by atoms with E-state index in [2.05, 4.69) is 24.3 Å². The van der Waals surface area contributed by atoms with Crippen molar-refractivity contribution >= 4 is 5.91 Å². The summed E-state index contributed by atoms with van der Waals surface area (Å²) in [6, 6.07) is 1.77. The van der Waals surface area contributed by atoms with Crippen LogP contribution in [0.1, 0.15) is 25.3 Å². The number of hydrogen-bond donors (Lipinski definition) is 1. The minimum absolute atomic E-state index is 0.00741. The van der Waals surface area contributed by atoms with Gasteiger partial charge < -0.3 is 9.84 Å². The van der Waals surface area contributed by atoms with Crippen molar-refractivity contribution in [3.05, 3.63) is 17.5 Å². The number of aromatic nitrogens is 1. The number of carbonyl (C=O) groups is 1. The van der Waals surface area contributed by atoms with Gasteiger partial charge in [0.25, 0.3) is 0 Å². The molecule has 0 aliphatic carbocycles. The third-order valence-corrected chi connectivity index (χ3v) is 1.73. The van der Waals surface area contributed by atoms with Crippen LogP contribution in [0.5, 0.6) is 0 Å². The molecule has 0 atom stereocenters. The number of carbonyl (C=O) groups excluding carboxylic acids is 1. The average Bonchev–Trinajstić information content (AvgIpc) is 2.48. The van der Waals surface area contributed by atoms with Gasteiger partial charge in [0.05, 0.1) is 12.1 Å². The third kappa shape index (κ3) is 3.60. The molecule has 1 rings (SSSR count). The summed E-state index contributed by atoms with van der Waals surface area (Å²) < 4.78 is 4.86. The first kappa shape index (κ1) is 10.8. The normalized spacial score (nSPS) is 10.6. The van der Waals surface area contributed by atoms with Crippen LogP contribution in [0.15, 0.2) is 10.6 Å². The molecular weight excluding hydrogens is 180 g/mol. The van der Waals surface area contributed by atoms with Crippen LogP contribution in [0, 0.1) is 12.8 Å². The average molecular weight is 196 g/mol. The predicted octanol–water partition coefficient (Wildman–Crippen LogP) is 1.30. The van der Waals surface area contributed by atoms with Crippen LogP contribution in [0.2, 0.25) is 0 Å². The molecule has 0 aliphatic heterocycles. The van der Waals surface area contributed by atoms with Crippen molar-refractivity contribution in [3.8, 4) is 0 Å². The maximum Gasteiger partial charge on any atom is 0.226 e. The maximum absolute atomic E-state index is 11.3. The van der Waals surface area contributed by atoms with E-state index in [1.54, 1.807) is 6.07 Å². The fourth-order valence-electron chi connectivity index (χ4n) is 1.05. The second-order valence-corrected chi connectivity index (χ2v) is 3.80. The molecule has 0 saturated heterocycles. The molecule has 0 radical (unpaired) electrons. The number of nitrogens with one attached hydrogen (secondary N) is 1. The highest BCUT2D eigenvalue weighted by atomic mass is 16.5. The van der Waals surface area contributed by atoms with Crippen molar-refractivity contribution in [1.29, 1.82) is 0 Å². The number of aryl methyl sites for hydroxylation is 1. The van der Waals surface area contributed by atoms with Gasteiger partial charge in [0.15, 0.2) is 0 Å². The summed E-state index contributed by atoms with van der Waals surface area (Å²) in [5.74, 6) is 1.20. The maximum atomic E-state index is 11.3. The largest absolute Gasteiger partial charge is 0.361 e. The van der Waals surface area contributed by atoms with Crippen LogP contribution in [-0.2, 0) is 11.2 Å². The molecule has 0 aromatic carbocycles. The van der Waals surface area contributed by atoms with E-state index < -0.39 is 0 Å². The molecule has 1 aromatic heterocycles. The van der Waals surface area contributed by atoms with Gasteiger partial charge in [0.2, 0.25) is 5.91 Å². The van der Waals surface area contributed by atoms with Crippen molar-refractivity contribution in [1.82, 2.24) is 10.5 Å². The van der Waals surface area contributed by atoms with Gasteiger partial charge in [0.1, 0.15) is 5.76 Å². The molecule has 1 heterocycles. The zero-order valence-corrected chi connectivity index (χ0v) is 8.83. The van der Waals surface area contributed by atoms with E-state index in [9.17, 15) is 4.79 Å². The van der Waals surface area contributed by atoms with Crippen molar-refractivity contribution in [3.63, 3.8) is 0 Å². The van der Waals surface area contributed by atoms with Gasteiger partial charge in [0, 0.05) is 12.6 Å². The highest BCUT2D eigenvalue weighted by molar-refractivity contribution is 5.78. The summed E-state index contributed by atoms with van der Waals surface area (Å²) in [6.07, 6.45) is 0.296. The standard InChI is InChI=1S/C10H16N2O2/c1-7(2)6-11-10(13)5-9-4-8(3)14-12-9/h4,7H,5-6H2,1-3H3,(H,11,13). The summed E-state index contributed by atoms with van der Waals surface area (Å²) in [7, 11) is 0. The summed E-state index contributed by atoms with van der Waals surface area (Å²) in [5, 5.41) is 6.57. The monoisotopic (exact) mass is 196 g/mol. The molecule has 1 amide bonds. The molecule has 0 unspecified atom stereocenters. The Morgan fingerprint density at radius 2 is 2.36 bits per heavy atom. The smallest absolute Gasteiger partial charge is 0.226 e. The van der Waals surface area contributed by atoms with Crippen molar-refractivity contribution in [2.75, 3.05) is 6.54 Å². The van der Waals surface area contributed by atoms with Crippen LogP contribution in [0.4, 0.5) is 0 Å². The second kappa shape index (κ2) is 4.79. The van der Waals surface area contributed by atoms with E-state index >= 15 is 0 Å². The Bertz CT molecular complexity index is 305. The lowest BCUT2D eigenvalue weighted by Crippen LogP contribution is -2.28. The van der Waals surface area contributed by atoms with Crippen LogP contribution in [0.3, 0.4) is 0 Å². The number of rotatable bonds is 4. The van der Waals surface area contributed by atoms with Crippen LogP contribution >= 0.6 is 0 Å². The van der Waals surface area contributed by atoms with Gasteiger partial charge in [-0.2, -0.15) is 0 Å². The van der Waals surface area contributed by atoms with Gasteiger partial charge in [-0.05, 0) is 12.8 Å². The first-order valence-corrected chi connectivity index (χ1v) is 4.77. The molecule has 0 spiro atoms.